The van der Waals surface area contributed by atoms with Crippen LogP contribution in [0.4, 0.5) is 0 Å². The number of aromatic nitrogens is 1. The zero-order chi connectivity index (χ0) is 17.3. The molecule has 0 saturated carbocycles. The fraction of sp³-hybridized carbons (Fsp3) is 0.111. The number of carboxylic acid groups (broad SMARTS) is 1. The summed E-state index contributed by atoms with van der Waals surface area (Å²) in [5, 5.41) is 10.7. The molecule has 0 aliphatic heterocycles. The van der Waals surface area contributed by atoms with E-state index in [2.05, 4.69) is 15.9 Å². The van der Waals surface area contributed by atoms with Crippen molar-refractivity contribution >= 4 is 32.7 Å². The molecule has 2 aromatic carbocycles. The Morgan fingerprint density at radius 2 is 1.75 bits per heavy atom. The lowest BCUT2D eigenvalue weighted by molar-refractivity contribution is 0.0697. The lowest BCUT2D eigenvalue weighted by Crippen LogP contribution is -2.25. The molecule has 6 heteroatoms. The maximum Gasteiger partial charge on any atom is 0.338 e. The zero-order valence-electron chi connectivity index (χ0n) is 12.8. The van der Waals surface area contributed by atoms with Gasteiger partial charge in [-0.3, -0.25) is 9.36 Å². The smallest absolute Gasteiger partial charge is 0.338 e. The summed E-state index contributed by atoms with van der Waals surface area (Å²) in [6.45, 7) is 0. The molecule has 0 fully saturated rings. The van der Waals surface area contributed by atoms with E-state index in [1.807, 2.05) is 0 Å². The van der Waals surface area contributed by atoms with E-state index in [1.54, 1.807) is 55.6 Å². The largest absolute Gasteiger partial charge is 0.497 e. The summed E-state index contributed by atoms with van der Waals surface area (Å²) >= 11 is 3.33. The van der Waals surface area contributed by atoms with E-state index in [0.717, 1.165) is 0 Å². The van der Waals surface area contributed by atoms with Gasteiger partial charge in [-0.05, 0) is 30.3 Å². The maximum absolute atomic E-state index is 13.0. The summed E-state index contributed by atoms with van der Waals surface area (Å²) < 4.78 is 6.56. The Morgan fingerprint density at radius 3 is 2.29 bits per heavy atom. The van der Waals surface area contributed by atoms with Gasteiger partial charge in [-0.15, -0.1) is 0 Å². The van der Waals surface area contributed by atoms with Gasteiger partial charge >= 0.3 is 5.97 Å². The van der Waals surface area contributed by atoms with Crippen LogP contribution in [0.5, 0.6) is 5.75 Å². The lowest BCUT2D eigenvalue weighted by atomic mass is 10.0. The third-order valence-corrected chi connectivity index (χ3v) is 4.39. The first-order valence-electron chi connectivity index (χ1n) is 7.18. The number of aromatic carboxylic acids is 1. The average Bonchev–Trinajstić information content (AvgIpc) is 2.61. The highest BCUT2D eigenvalue weighted by Crippen LogP contribution is 2.25. The van der Waals surface area contributed by atoms with Crippen molar-refractivity contribution in [3.8, 4) is 11.4 Å². The molecule has 0 unspecified atom stereocenters. The van der Waals surface area contributed by atoms with Crippen molar-refractivity contribution in [1.29, 1.82) is 0 Å². The number of rotatable bonds is 4. The van der Waals surface area contributed by atoms with Crippen LogP contribution in [0.2, 0.25) is 0 Å². The maximum atomic E-state index is 13.0. The Morgan fingerprint density at radius 1 is 1.12 bits per heavy atom. The van der Waals surface area contributed by atoms with Crippen molar-refractivity contribution in [2.45, 2.75) is 5.33 Å². The topological polar surface area (TPSA) is 68.5 Å². The minimum absolute atomic E-state index is 0.123. The highest BCUT2D eigenvalue weighted by Gasteiger charge is 2.21. The number of hydrogen-bond donors (Lipinski definition) is 1. The van der Waals surface area contributed by atoms with Gasteiger partial charge in [0.2, 0.25) is 0 Å². The Balaban J connectivity index is 2.44. The number of halogens is 1. The van der Waals surface area contributed by atoms with Crippen molar-refractivity contribution in [3.05, 3.63) is 70.1 Å². The van der Waals surface area contributed by atoms with Crippen molar-refractivity contribution in [2.24, 2.45) is 0 Å². The minimum Gasteiger partial charge on any atom is -0.497 e. The minimum atomic E-state index is -1.07. The van der Waals surface area contributed by atoms with Crippen LogP contribution in [0.25, 0.3) is 16.5 Å². The molecule has 3 rings (SSSR count). The van der Waals surface area contributed by atoms with Crippen LogP contribution >= 0.6 is 15.9 Å². The van der Waals surface area contributed by atoms with E-state index in [-0.39, 0.29) is 16.5 Å². The average molecular weight is 388 g/mol. The molecule has 0 amide bonds. The normalized spacial score (nSPS) is 10.8. The lowest BCUT2D eigenvalue weighted by Gasteiger charge is -2.16. The molecule has 0 atom stereocenters. The number of carbonyl (C=O) groups is 1. The van der Waals surface area contributed by atoms with Crippen LogP contribution in [0.3, 0.4) is 0 Å². The van der Waals surface area contributed by atoms with Crippen LogP contribution in [-0.4, -0.2) is 22.8 Å². The number of carboxylic acids is 1. The zero-order valence-corrected chi connectivity index (χ0v) is 14.4. The first-order chi connectivity index (χ1) is 11.6. The first kappa shape index (κ1) is 16.3. The SMILES string of the molecule is COc1ccc(-n2c(CBr)c(C(=O)O)c3ccccc3c2=O)cc1. The molecule has 1 heterocycles. The summed E-state index contributed by atoms with van der Waals surface area (Å²) in [6, 6.07) is 13.7. The van der Waals surface area contributed by atoms with Crippen LogP contribution in [-0.2, 0) is 5.33 Å². The van der Waals surface area contributed by atoms with Gasteiger partial charge in [0.15, 0.2) is 0 Å². The van der Waals surface area contributed by atoms with Gasteiger partial charge in [0.05, 0.1) is 18.4 Å². The molecule has 0 saturated heterocycles. The van der Waals surface area contributed by atoms with Crippen molar-refractivity contribution in [3.63, 3.8) is 0 Å². The number of fused-ring (bicyclic) bond motifs is 1. The monoisotopic (exact) mass is 387 g/mol. The van der Waals surface area contributed by atoms with Gasteiger partial charge in [0.1, 0.15) is 5.75 Å². The van der Waals surface area contributed by atoms with Gasteiger partial charge < -0.3 is 9.84 Å². The summed E-state index contributed by atoms with van der Waals surface area (Å²) in [7, 11) is 1.56. The van der Waals surface area contributed by atoms with E-state index >= 15 is 0 Å². The molecule has 1 N–H and O–H groups in total. The molecule has 0 aliphatic rings. The Hall–Kier alpha value is -2.60. The van der Waals surface area contributed by atoms with E-state index < -0.39 is 5.97 Å². The van der Waals surface area contributed by atoms with Gasteiger partial charge in [-0.25, -0.2) is 4.79 Å². The van der Waals surface area contributed by atoms with E-state index in [0.29, 0.717) is 27.9 Å². The Kier molecular flexibility index (Phi) is 4.40. The molecule has 0 bridgehead atoms. The number of ether oxygens (including phenoxy) is 1. The number of methoxy groups -OCH3 is 1. The summed E-state index contributed by atoms with van der Waals surface area (Å²) in [4.78, 5) is 24.8. The quantitative estimate of drug-likeness (QED) is 0.694. The summed E-state index contributed by atoms with van der Waals surface area (Å²) in [5.41, 5.74) is 0.855. The van der Waals surface area contributed by atoms with E-state index in [9.17, 15) is 14.7 Å². The number of alkyl halides is 1. The van der Waals surface area contributed by atoms with Crippen LogP contribution < -0.4 is 10.3 Å². The van der Waals surface area contributed by atoms with Gasteiger partial charge in [0.25, 0.3) is 5.56 Å². The molecule has 5 nitrogen and oxygen atoms in total. The van der Waals surface area contributed by atoms with Crippen molar-refractivity contribution in [1.82, 2.24) is 4.57 Å². The Labute approximate surface area is 146 Å². The molecule has 1 aromatic heterocycles. The second kappa shape index (κ2) is 6.49. The molecule has 3 aromatic rings. The van der Waals surface area contributed by atoms with Crippen LogP contribution in [0.1, 0.15) is 16.1 Å². The third-order valence-electron chi connectivity index (χ3n) is 3.86. The number of pyridine rings is 1. The summed E-state index contributed by atoms with van der Waals surface area (Å²) in [6.07, 6.45) is 0. The van der Waals surface area contributed by atoms with Crippen molar-refractivity contribution < 1.29 is 14.6 Å². The van der Waals surface area contributed by atoms with Gasteiger partial charge in [0, 0.05) is 21.8 Å². The molecule has 24 heavy (non-hydrogen) atoms. The van der Waals surface area contributed by atoms with E-state index in [4.69, 9.17) is 4.74 Å². The molecule has 0 spiro atoms. The highest BCUT2D eigenvalue weighted by atomic mass is 79.9. The highest BCUT2D eigenvalue weighted by molar-refractivity contribution is 9.08. The predicted molar refractivity (Wildman–Crippen MR) is 95.7 cm³/mol. The molecular weight excluding hydrogens is 374 g/mol. The summed E-state index contributed by atoms with van der Waals surface area (Å²) in [5.74, 6) is -0.408. The number of benzene rings is 2. The molecule has 122 valence electrons. The van der Waals surface area contributed by atoms with Gasteiger partial charge in [-0.2, -0.15) is 0 Å². The second-order valence-corrected chi connectivity index (χ2v) is 5.71. The first-order valence-corrected chi connectivity index (χ1v) is 8.31. The van der Waals surface area contributed by atoms with Gasteiger partial charge in [-0.1, -0.05) is 34.1 Å². The van der Waals surface area contributed by atoms with Crippen LogP contribution in [0.15, 0.2) is 53.3 Å². The number of hydrogen-bond acceptors (Lipinski definition) is 3. The molecule has 0 radical (unpaired) electrons. The predicted octanol–water partition coefficient (Wildman–Crippen LogP) is 3.59. The fourth-order valence-electron chi connectivity index (χ4n) is 2.77. The van der Waals surface area contributed by atoms with Crippen LogP contribution in [0, 0.1) is 0 Å². The second-order valence-electron chi connectivity index (χ2n) is 5.14. The van der Waals surface area contributed by atoms with E-state index in [1.165, 1.54) is 4.57 Å². The Bertz CT molecular complexity index is 977. The fourth-order valence-corrected chi connectivity index (χ4v) is 3.30. The van der Waals surface area contributed by atoms with Crippen molar-refractivity contribution in [2.75, 3.05) is 7.11 Å². The standard InChI is InChI=1S/C18H14BrNO4/c1-24-12-8-6-11(7-9-12)20-15(10-19)16(18(22)23)13-4-2-3-5-14(13)17(20)21/h2-9H,10H2,1H3,(H,22,23). The molecular formula is C18H14BrNO4. The number of nitrogens with zero attached hydrogens (tertiary/aromatic N) is 1. The third kappa shape index (κ3) is 2.59. The molecule has 0 aliphatic carbocycles.